The van der Waals surface area contributed by atoms with Crippen LogP contribution in [0.4, 0.5) is 19.1 Å². The van der Waals surface area contributed by atoms with Gasteiger partial charge in [0.25, 0.3) is 5.91 Å². The van der Waals surface area contributed by atoms with E-state index < -0.39 is 24.9 Å². The number of anilines is 1. The number of alkyl halides is 2. The van der Waals surface area contributed by atoms with Gasteiger partial charge in [0.05, 0.1) is 5.69 Å². The van der Waals surface area contributed by atoms with E-state index in [-0.39, 0.29) is 5.95 Å². The first-order valence-corrected chi connectivity index (χ1v) is 6.26. The average Bonchev–Trinajstić information content (AvgIpc) is 2.77. The summed E-state index contributed by atoms with van der Waals surface area (Å²) in [5.41, 5.74) is 1.08. The molecule has 0 aliphatic rings. The predicted octanol–water partition coefficient (Wildman–Crippen LogP) is 2.20. The van der Waals surface area contributed by atoms with E-state index in [0.29, 0.717) is 17.1 Å². The van der Waals surface area contributed by atoms with Crippen LogP contribution in [0.3, 0.4) is 0 Å². The molecule has 0 aliphatic carbocycles. The summed E-state index contributed by atoms with van der Waals surface area (Å²) in [4.78, 5) is 15.5. The number of carbonyl (C=O) groups is 1. The number of nitrogens with one attached hydrogen (secondary N) is 1. The third kappa shape index (κ3) is 3.82. The number of carbonyl (C=O) groups excluding carboxylic acids is 1. The molecule has 0 unspecified atom stereocenters. The normalized spacial score (nSPS) is 11.0. The fourth-order valence-electron chi connectivity index (χ4n) is 1.82. The lowest BCUT2D eigenvalue weighted by molar-refractivity contribution is -0.148. The van der Waals surface area contributed by atoms with Crippen LogP contribution in [-0.2, 0) is 9.53 Å². The molecule has 0 saturated heterocycles. The minimum atomic E-state index is -3.04. The molecule has 1 amide bonds. The number of hydrogen-bond donors (Lipinski definition) is 1. The summed E-state index contributed by atoms with van der Waals surface area (Å²) >= 11 is 0. The summed E-state index contributed by atoms with van der Waals surface area (Å²) in [6, 6.07) is 4.02. The molecule has 2 rings (SSSR count). The van der Waals surface area contributed by atoms with E-state index in [2.05, 4.69) is 20.1 Å². The lowest BCUT2D eigenvalue weighted by Gasteiger charge is -2.10. The van der Waals surface area contributed by atoms with Crippen LogP contribution in [0.2, 0.25) is 0 Å². The summed E-state index contributed by atoms with van der Waals surface area (Å²) in [5.74, 6) is -0.813. The molecule has 0 spiro atoms. The van der Waals surface area contributed by atoms with E-state index in [0.717, 1.165) is 0 Å². The molecule has 22 heavy (non-hydrogen) atoms. The standard InChI is InChI=1S/C13H13F3N4O2/c1-7-5-9(14)3-4-10(7)20-13(17-8(2)19-20)18-11(21)6-22-12(15)16/h3-5,12H,6H2,1-2H3,(H,17,18,19,21). The zero-order valence-electron chi connectivity index (χ0n) is 11.8. The Hall–Kier alpha value is -2.42. The van der Waals surface area contributed by atoms with Crippen LogP contribution in [0.15, 0.2) is 18.2 Å². The van der Waals surface area contributed by atoms with Gasteiger partial charge in [0.2, 0.25) is 5.95 Å². The van der Waals surface area contributed by atoms with E-state index in [1.54, 1.807) is 13.8 Å². The summed E-state index contributed by atoms with van der Waals surface area (Å²) in [6.07, 6.45) is 0. The molecule has 0 bridgehead atoms. The second-order valence-corrected chi connectivity index (χ2v) is 4.45. The van der Waals surface area contributed by atoms with Crippen LogP contribution < -0.4 is 5.32 Å². The number of benzene rings is 1. The van der Waals surface area contributed by atoms with Crippen molar-refractivity contribution in [3.05, 3.63) is 35.4 Å². The van der Waals surface area contributed by atoms with Gasteiger partial charge < -0.3 is 4.74 Å². The van der Waals surface area contributed by atoms with E-state index in [9.17, 15) is 18.0 Å². The molecule has 0 radical (unpaired) electrons. The molecular formula is C13H13F3N4O2. The van der Waals surface area contributed by atoms with Gasteiger partial charge in [-0.25, -0.2) is 4.39 Å². The first-order chi connectivity index (χ1) is 10.4. The highest BCUT2D eigenvalue weighted by atomic mass is 19.3. The molecule has 6 nitrogen and oxygen atoms in total. The minimum absolute atomic E-state index is 0.0371. The Kier molecular flexibility index (Phi) is 4.76. The number of aromatic nitrogens is 3. The number of hydrogen-bond acceptors (Lipinski definition) is 4. The third-order valence-electron chi connectivity index (χ3n) is 2.69. The summed E-state index contributed by atoms with van der Waals surface area (Å²) in [6.45, 7) is -0.585. The van der Waals surface area contributed by atoms with Gasteiger partial charge in [0, 0.05) is 0 Å². The van der Waals surface area contributed by atoms with Gasteiger partial charge in [0.1, 0.15) is 18.2 Å². The van der Waals surface area contributed by atoms with E-state index in [1.807, 2.05) is 0 Å². The Morgan fingerprint density at radius 2 is 2.14 bits per heavy atom. The zero-order chi connectivity index (χ0) is 16.3. The van der Waals surface area contributed by atoms with Crippen LogP contribution in [0.25, 0.3) is 5.69 Å². The number of ether oxygens (including phenoxy) is 1. The Balaban J connectivity index is 2.25. The SMILES string of the molecule is Cc1nc(NC(=O)COC(F)F)n(-c2ccc(F)cc2C)n1. The highest BCUT2D eigenvalue weighted by Crippen LogP contribution is 2.18. The van der Waals surface area contributed by atoms with Gasteiger partial charge in [0.15, 0.2) is 0 Å². The second-order valence-electron chi connectivity index (χ2n) is 4.45. The molecular weight excluding hydrogens is 301 g/mol. The highest BCUT2D eigenvalue weighted by molar-refractivity contribution is 5.90. The first kappa shape index (κ1) is 16.0. The fourth-order valence-corrected chi connectivity index (χ4v) is 1.82. The quantitative estimate of drug-likeness (QED) is 0.918. The first-order valence-electron chi connectivity index (χ1n) is 6.26. The maximum absolute atomic E-state index is 13.2. The van der Waals surface area contributed by atoms with Gasteiger partial charge in [-0.05, 0) is 37.6 Å². The van der Waals surface area contributed by atoms with Crippen molar-refractivity contribution in [2.75, 3.05) is 11.9 Å². The van der Waals surface area contributed by atoms with Crippen molar-refractivity contribution in [2.24, 2.45) is 0 Å². The molecule has 1 aromatic heterocycles. The van der Waals surface area contributed by atoms with Crippen molar-refractivity contribution < 1.29 is 22.7 Å². The van der Waals surface area contributed by atoms with Crippen LogP contribution in [0, 0.1) is 19.7 Å². The maximum Gasteiger partial charge on any atom is 0.345 e. The van der Waals surface area contributed by atoms with E-state index >= 15 is 0 Å². The molecule has 118 valence electrons. The molecule has 1 aromatic carbocycles. The molecule has 9 heteroatoms. The molecule has 2 aromatic rings. The minimum Gasteiger partial charge on any atom is -0.313 e. The number of halogens is 3. The van der Waals surface area contributed by atoms with Gasteiger partial charge in [-0.3, -0.25) is 10.1 Å². The van der Waals surface area contributed by atoms with E-state index in [4.69, 9.17) is 0 Å². The lowest BCUT2D eigenvalue weighted by Crippen LogP contribution is -2.22. The smallest absolute Gasteiger partial charge is 0.313 e. The van der Waals surface area contributed by atoms with Crippen molar-refractivity contribution in [1.29, 1.82) is 0 Å². The summed E-state index contributed by atoms with van der Waals surface area (Å²) < 4.78 is 42.2. The molecule has 1 N–H and O–H groups in total. The van der Waals surface area contributed by atoms with Crippen molar-refractivity contribution in [3.8, 4) is 5.69 Å². The van der Waals surface area contributed by atoms with Crippen LogP contribution in [0.1, 0.15) is 11.4 Å². The predicted molar refractivity (Wildman–Crippen MR) is 71.4 cm³/mol. The van der Waals surface area contributed by atoms with Crippen molar-refractivity contribution in [3.63, 3.8) is 0 Å². The molecule has 1 heterocycles. The molecule has 0 saturated carbocycles. The van der Waals surface area contributed by atoms with Crippen LogP contribution >= 0.6 is 0 Å². The number of rotatable bonds is 5. The summed E-state index contributed by atoms with van der Waals surface area (Å²) in [5, 5.41) is 6.42. The summed E-state index contributed by atoms with van der Waals surface area (Å²) in [7, 11) is 0. The molecule has 0 atom stereocenters. The Morgan fingerprint density at radius 3 is 2.77 bits per heavy atom. The third-order valence-corrected chi connectivity index (χ3v) is 2.69. The number of aryl methyl sites for hydroxylation is 2. The van der Waals surface area contributed by atoms with E-state index in [1.165, 1.54) is 22.9 Å². The largest absolute Gasteiger partial charge is 0.345 e. The Morgan fingerprint density at radius 1 is 1.41 bits per heavy atom. The molecule has 0 aliphatic heterocycles. The monoisotopic (exact) mass is 314 g/mol. The van der Waals surface area contributed by atoms with Crippen molar-refractivity contribution in [1.82, 2.24) is 14.8 Å². The van der Waals surface area contributed by atoms with Gasteiger partial charge in [-0.15, -0.1) is 5.10 Å². The van der Waals surface area contributed by atoms with Gasteiger partial charge >= 0.3 is 6.61 Å². The van der Waals surface area contributed by atoms with Crippen LogP contribution in [-0.4, -0.2) is 33.9 Å². The Bertz CT molecular complexity index is 688. The van der Waals surface area contributed by atoms with Crippen LogP contribution in [0.5, 0.6) is 0 Å². The van der Waals surface area contributed by atoms with Gasteiger partial charge in [-0.2, -0.15) is 18.4 Å². The Labute approximate surface area is 123 Å². The highest BCUT2D eigenvalue weighted by Gasteiger charge is 2.15. The zero-order valence-corrected chi connectivity index (χ0v) is 11.8. The second kappa shape index (κ2) is 6.56. The number of amides is 1. The van der Waals surface area contributed by atoms with Crippen molar-refractivity contribution in [2.45, 2.75) is 20.5 Å². The lowest BCUT2D eigenvalue weighted by atomic mass is 10.2. The number of nitrogens with zero attached hydrogens (tertiary/aromatic N) is 3. The van der Waals surface area contributed by atoms with Gasteiger partial charge in [-0.1, -0.05) is 0 Å². The molecule has 0 fully saturated rings. The van der Waals surface area contributed by atoms with Crippen molar-refractivity contribution >= 4 is 11.9 Å². The fraction of sp³-hybridized carbons (Fsp3) is 0.308. The average molecular weight is 314 g/mol. The topological polar surface area (TPSA) is 69.0 Å². The maximum atomic E-state index is 13.2.